The second-order valence-electron chi connectivity index (χ2n) is 6.68. The third-order valence-electron chi connectivity index (χ3n) is 4.80. The van der Waals surface area contributed by atoms with Gasteiger partial charge in [0.15, 0.2) is 5.65 Å². The van der Waals surface area contributed by atoms with Gasteiger partial charge in [0.05, 0.1) is 18.5 Å². The van der Waals surface area contributed by atoms with Gasteiger partial charge in [-0.1, -0.05) is 18.8 Å². The van der Waals surface area contributed by atoms with Crippen molar-refractivity contribution >= 4 is 16.9 Å². The summed E-state index contributed by atoms with van der Waals surface area (Å²) in [4.78, 5) is 8.56. The van der Waals surface area contributed by atoms with Crippen LogP contribution in [0.3, 0.4) is 0 Å². The van der Waals surface area contributed by atoms with Crippen LogP contribution >= 0.6 is 0 Å². The molecule has 1 aliphatic rings. The van der Waals surface area contributed by atoms with E-state index in [2.05, 4.69) is 21.8 Å². The van der Waals surface area contributed by atoms with E-state index in [0.29, 0.717) is 17.6 Å². The molecular formula is C20H21N5O. The van der Waals surface area contributed by atoms with Crippen molar-refractivity contribution in [3.8, 4) is 17.6 Å². The smallest absolute Gasteiger partial charge is 0.164 e. The first-order valence-electron chi connectivity index (χ1n) is 8.82. The Hall–Kier alpha value is -3.07. The zero-order chi connectivity index (χ0) is 18.1. The number of anilines is 1. The fourth-order valence-electron chi connectivity index (χ4n) is 3.56. The van der Waals surface area contributed by atoms with Crippen molar-refractivity contribution in [2.24, 2.45) is 0 Å². The van der Waals surface area contributed by atoms with E-state index in [4.69, 9.17) is 15.6 Å². The first kappa shape index (κ1) is 16.4. The van der Waals surface area contributed by atoms with E-state index < -0.39 is 0 Å². The third-order valence-corrected chi connectivity index (χ3v) is 4.80. The molecule has 1 fully saturated rings. The number of fused-ring (bicyclic) bond motifs is 1. The van der Waals surface area contributed by atoms with Crippen LogP contribution in [0.2, 0.25) is 0 Å². The lowest BCUT2D eigenvalue weighted by atomic mass is 10.1. The molecule has 0 saturated heterocycles. The first-order valence-corrected chi connectivity index (χ1v) is 8.82. The number of aryl methyl sites for hydroxylation is 1. The van der Waals surface area contributed by atoms with Gasteiger partial charge in [-0.15, -0.1) is 0 Å². The highest BCUT2D eigenvalue weighted by Crippen LogP contribution is 2.33. The molecule has 1 saturated carbocycles. The second-order valence-corrected chi connectivity index (χ2v) is 6.68. The number of rotatable bonds is 2. The Labute approximate surface area is 152 Å². The van der Waals surface area contributed by atoms with Crippen LogP contribution in [0.15, 0.2) is 24.5 Å². The molecule has 26 heavy (non-hydrogen) atoms. The summed E-state index contributed by atoms with van der Waals surface area (Å²) in [5.74, 6) is 7.56. The minimum atomic E-state index is 0.362. The lowest BCUT2D eigenvalue weighted by Crippen LogP contribution is -2.07. The van der Waals surface area contributed by atoms with Gasteiger partial charge in [0, 0.05) is 5.56 Å². The van der Waals surface area contributed by atoms with Crippen molar-refractivity contribution < 1.29 is 4.74 Å². The fourth-order valence-corrected chi connectivity index (χ4v) is 3.56. The molecule has 2 aromatic heterocycles. The molecule has 2 heterocycles. The molecular weight excluding hydrogens is 326 g/mol. The number of hydrogen-bond acceptors (Lipinski definition) is 5. The SMILES string of the molecule is COc1cc(C)cc(C#Cc2nn(C3CCCC3)c3ncnc(N)c23)c1. The molecule has 2 N–H and O–H groups in total. The van der Waals surface area contributed by atoms with Crippen molar-refractivity contribution in [1.82, 2.24) is 19.7 Å². The van der Waals surface area contributed by atoms with E-state index >= 15 is 0 Å². The van der Waals surface area contributed by atoms with E-state index in [0.717, 1.165) is 40.8 Å². The van der Waals surface area contributed by atoms with Gasteiger partial charge in [0.1, 0.15) is 23.6 Å². The maximum atomic E-state index is 6.12. The van der Waals surface area contributed by atoms with Crippen molar-refractivity contribution in [3.63, 3.8) is 0 Å². The molecule has 0 amide bonds. The Kier molecular flexibility index (Phi) is 4.21. The summed E-state index contributed by atoms with van der Waals surface area (Å²) in [6.45, 7) is 2.02. The van der Waals surface area contributed by atoms with E-state index in [1.165, 1.54) is 19.2 Å². The molecule has 1 aromatic carbocycles. The Morgan fingerprint density at radius 2 is 1.96 bits per heavy atom. The van der Waals surface area contributed by atoms with Gasteiger partial charge in [-0.3, -0.25) is 0 Å². The monoisotopic (exact) mass is 347 g/mol. The first-order chi connectivity index (χ1) is 12.7. The number of methoxy groups -OCH3 is 1. The number of hydrogen-bond donors (Lipinski definition) is 1. The Bertz CT molecular complexity index is 1020. The van der Waals surface area contributed by atoms with Gasteiger partial charge in [0.25, 0.3) is 0 Å². The fraction of sp³-hybridized carbons (Fsp3) is 0.350. The van der Waals surface area contributed by atoms with Gasteiger partial charge < -0.3 is 10.5 Å². The Morgan fingerprint density at radius 3 is 2.73 bits per heavy atom. The quantitative estimate of drug-likeness (QED) is 0.720. The third kappa shape index (κ3) is 2.97. The van der Waals surface area contributed by atoms with Crippen LogP contribution in [0.5, 0.6) is 5.75 Å². The molecule has 3 aromatic rings. The van der Waals surface area contributed by atoms with E-state index in [1.54, 1.807) is 7.11 Å². The average Bonchev–Trinajstić information content (AvgIpc) is 3.27. The van der Waals surface area contributed by atoms with E-state index in [9.17, 15) is 0 Å². The Morgan fingerprint density at radius 1 is 1.15 bits per heavy atom. The van der Waals surface area contributed by atoms with Gasteiger partial charge in [-0.05, 0) is 49.4 Å². The molecule has 0 bridgehead atoms. The summed E-state index contributed by atoms with van der Waals surface area (Å²) in [6, 6.07) is 6.27. The zero-order valence-electron chi connectivity index (χ0n) is 15.0. The van der Waals surface area contributed by atoms with Gasteiger partial charge in [-0.2, -0.15) is 5.10 Å². The van der Waals surface area contributed by atoms with Crippen molar-refractivity contribution in [1.29, 1.82) is 0 Å². The number of nitrogens with two attached hydrogens (primary N) is 1. The van der Waals surface area contributed by atoms with Crippen molar-refractivity contribution in [2.45, 2.75) is 38.6 Å². The molecule has 6 heteroatoms. The van der Waals surface area contributed by atoms with Crippen LogP contribution in [-0.2, 0) is 0 Å². The largest absolute Gasteiger partial charge is 0.497 e. The average molecular weight is 347 g/mol. The number of ether oxygens (including phenoxy) is 1. The molecule has 1 aliphatic carbocycles. The summed E-state index contributed by atoms with van der Waals surface area (Å²) in [5, 5.41) is 5.48. The van der Waals surface area contributed by atoms with Crippen LogP contribution in [0.4, 0.5) is 5.82 Å². The minimum absolute atomic E-state index is 0.362. The van der Waals surface area contributed by atoms with Crippen LogP contribution in [-0.4, -0.2) is 26.9 Å². The summed E-state index contributed by atoms with van der Waals surface area (Å²) < 4.78 is 7.31. The molecule has 132 valence electrons. The number of nitrogens with zero attached hydrogens (tertiary/aromatic N) is 4. The maximum absolute atomic E-state index is 6.12. The summed E-state index contributed by atoms with van der Waals surface area (Å²) >= 11 is 0. The number of nitrogen functional groups attached to an aromatic ring is 1. The molecule has 6 nitrogen and oxygen atoms in total. The standard InChI is InChI=1S/C20H21N5O/c1-13-9-14(11-16(10-13)26-2)7-8-17-18-19(21)22-12-23-20(18)25(24-17)15-5-3-4-6-15/h9-12,15H,3-6H2,1-2H3,(H2,21,22,23). The topological polar surface area (TPSA) is 78.8 Å². The predicted molar refractivity (Wildman–Crippen MR) is 101 cm³/mol. The van der Waals surface area contributed by atoms with Crippen LogP contribution < -0.4 is 10.5 Å². The van der Waals surface area contributed by atoms with Crippen LogP contribution in [0.25, 0.3) is 11.0 Å². The summed E-state index contributed by atoms with van der Waals surface area (Å²) in [7, 11) is 1.65. The summed E-state index contributed by atoms with van der Waals surface area (Å²) in [5.41, 5.74) is 9.49. The van der Waals surface area contributed by atoms with Crippen LogP contribution in [0.1, 0.15) is 48.5 Å². The number of aromatic nitrogens is 4. The van der Waals surface area contributed by atoms with E-state index in [1.807, 2.05) is 29.8 Å². The highest BCUT2D eigenvalue weighted by atomic mass is 16.5. The molecule has 0 aliphatic heterocycles. The molecule has 0 unspecified atom stereocenters. The lowest BCUT2D eigenvalue weighted by Gasteiger charge is -2.09. The highest BCUT2D eigenvalue weighted by molar-refractivity contribution is 5.90. The molecule has 0 spiro atoms. The van der Waals surface area contributed by atoms with Crippen molar-refractivity contribution in [3.05, 3.63) is 41.3 Å². The maximum Gasteiger partial charge on any atom is 0.164 e. The second kappa shape index (κ2) is 6.68. The minimum Gasteiger partial charge on any atom is -0.497 e. The normalized spacial score (nSPS) is 14.4. The zero-order valence-corrected chi connectivity index (χ0v) is 15.0. The van der Waals surface area contributed by atoms with E-state index in [-0.39, 0.29) is 0 Å². The molecule has 4 rings (SSSR count). The predicted octanol–water partition coefficient (Wildman–Crippen LogP) is 3.24. The highest BCUT2D eigenvalue weighted by Gasteiger charge is 2.23. The molecule has 0 atom stereocenters. The van der Waals surface area contributed by atoms with Gasteiger partial charge in [0.2, 0.25) is 0 Å². The number of benzene rings is 1. The van der Waals surface area contributed by atoms with Gasteiger partial charge in [-0.25, -0.2) is 14.6 Å². The van der Waals surface area contributed by atoms with Crippen LogP contribution in [0, 0.1) is 18.8 Å². The van der Waals surface area contributed by atoms with Gasteiger partial charge >= 0.3 is 0 Å². The Balaban J connectivity index is 1.81. The van der Waals surface area contributed by atoms with Crippen molar-refractivity contribution in [2.75, 3.05) is 12.8 Å². The lowest BCUT2D eigenvalue weighted by molar-refractivity contribution is 0.414. The summed E-state index contributed by atoms with van der Waals surface area (Å²) in [6.07, 6.45) is 6.16. The molecule has 0 radical (unpaired) electrons.